The van der Waals surface area contributed by atoms with Gasteiger partial charge in [-0.2, -0.15) is 0 Å². The minimum atomic E-state index is -0.311. The first kappa shape index (κ1) is 14.1. The summed E-state index contributed by atoms with van der Waals surface area (Å²) in [5.74, 6) is -0.124. The SMILES string of the molecule is CCOC(=O)CCCn1c(C)cc2c1CCCC2O. The Labute approximate surface area is 114 Å². The number of rotatable bonds is 5. The number of fused-ring (bicyclic) bond motifs is 1. The number of aliphatic hydroxyl groups is 1. The zero-order valence-corrected chi connectivity index (χ0v) is 11.8. The molecule has 0 bridgehead atoms. The van der Waals surface area contributed by atoms with Gasteiger partial charge in [0.1, 0.15) is 0 Å². The summed E-state index contributed by atoms with van der Waals surface area (Å²) in [6.07, 6.45) is 3.86. The van der Waals surface area contributed by atoms with Crippen LogP contribution >= 0.6 is 0 Å². The van der Waals surface area contributed by atoms with Gasteiger partial charge in [-0.15, -0.1) is 0 Å². The number of hydrogen-bond donors (Lipinski definition) is 1. The van der Waals surface area contributed by atoms with Crippen LogP contribution in [-0.2, 0) is 22.5 Å². The molecule has 0 fully saturated rings. The highest BCUT2D eigenvalue weighted by Gasteiger charge is 2.22. The van der Waals surface area contributed by atoms with Crippen molar-refractivity contribution in [3.8, 4) is 0 Å². The molecule has 0 radical (unpaired) electrons. The van der Waals surface area contributed by atoms with Crippen LogP contribution < -0.4 is 0 Å². The largest absolute Gasteiger partial charge is 0.466 e. The maximum absolute atomic E-state index is 11.3. The molecule has 0 aromatic carbocycles. The van der Waals surface area contributed by atoms with Crippen molar-refractivity contribution in [3.05, 3.63) is 23.0 Å². The molecule has 1 aromatic rings. The average Bonchev–Trinajstić information content (AvgIpc) is 2.68. The van der Waals surface area contributed by atoms with Gasteiger partial charge in [0.25, 0.3) is 0 Å². The Morgan fingerprint density at radius 2 is 2.37 bits per heavy atom. The van der Waals surface area contributed by atoms with Crippen molar-refractivity contribution in [1.29, 1.82) is 0 Å². The Hall–Kier alpha value is -1.29. The molecule has 2 rings (SSSR count). The molecule has 4 nitrogen and oxygen atoms in total. The van der Waals surface area contributed by atoms with Gasteiger partial charge in [-0.25, -0.2) is 0 Å². The molecular weight excluding hydrogens is 242 g/mol. The summed E-state index contributed by atoms with van der Waals surface area (Å²) in [5, 5.41) is 10.00. The number of aromatic nitrogens is 1. The summed E-state index contributed by atoms with van der Waals surface area (Å²) in [6, 6.07) is 2.09. The van der Waals surface area contributed by atoms with Crippen LogP contribution in [0.5, 0.6) is 0 Å². The molecule has 4 heteroatoms. The van der Waals surface area contributed by atoms with E-state index in [9.17, 15) is 9.90 Å². The Bertz CT molecular complexity index is 450. The second kappa shape index (κ2) is 6.24. The standard InChI is InChI=1S/C15H23NO3/c1-3-19-15(18)8-5-9-16-11(2)10-12-13(16)6-4-7-14(12)17/h10,14,17H,3-9H2,1-2H3. The Morgan fingerprint density at radius 3 is 3.11 bits per heavy atom. The topological polar surface area (TPSA) is 51.5 Å². The van der Waals surface area contributed by atoms with Crippen molar-refractivity contribution in [3.63, 3.8) is 0 Å². The van der Waals surface area contributed by atoms with Gasteiger partial charge < -0.3 is 14.4 Å². The van der Waals surface area contributed by atoms with E-state index in [4.69, 9.17) is 4.74 Å². The molecule has 1 aromatic heterocycles. The van der Waals surface area contributed by atoms with E-state index < -0.39 is 0 Å². The summed E-state index contributed by atoms with van der Waals surface area (Å²) >= 11 is 0. The van der Waals surface area contributed by atoms with Crippen LogP contribution in [0.2, 0.25) is 0 Å². The number of hydrogen-bond acceptors (Lipinski definition) is 3. The maximum Gasteiger partial charge on any atom is 0.305 e. The first-order valence-electron chi connectivity index (χ1n) is 7.16. The lowest BCUT2D eigenvalue weighted by molar-refractivity contribution is -0.143. The number of esters is 1. The Morgan fingerprint density at radius 1 is 1.58 bits per heavy atom. The fourth-order valence-electron chi connectivity index (χ4n) is 2.87. The zero-order valence-electron chi connectivity index (χ0n) is 11.8. The number of carbonyl (C=O) groups excluding carboxylic acids is 1. The highest BCUT2D eigenvalue weighted by molar-refractivity contribution is 5.69. The molecule has 1 heterocycles. The van der Waals surface area contributed by atoms with E-state index in [1.54, 1.807) is 0 Å². The molecule has 0 spiro atoms. The van der Waals surface area contributed by atoms with Crippen molar-refractivity contribution in [2.75, 3.05) is 6.61 Å². The normalized spacial score (nSPS) is 18.2. The zero-order chi connectivity index (χ0) is 13.8. The van der Waals surface area contributed by atoms with Gasteiger partial charge in [-0.05, 0) is 45.6 Å². The van der Waals surface area contributed by atoms with Gasteiger partial charge in [0.2, 0.25) is 0 Å². The van der Waals surface area contributed by atoms with Gasteiger partial charge in [-0.3, -0.25) is 4.79 Å². The summed E-state index contributed by atoms with van der Waals surface area (Å²) in [6.45, 7) is 5.16. The molecule has 0 amide bonds. The third-order valence-electron chi connectivity index (χ3n) is 3.77. The molecule has 0 saturated carbocycles. The molecule has 1 aliphatic carbocycles. The van der Waals surface area contributed by atoms with Crippen LogP contribution in [0.4, 0.5) is 0 Å². The second-order valence-corrected chi connectivity index (χ2v) is 5.16. The van der Waals surface area contributed by atoms with Crippen LogP contribution in [-0.4, -0.2) is 22.2 Å². The summed E-state index contributed by atoms with van der Waals surface area (Å²) in [5.41, 5.74) is 3.51. The number of ether oxygens (including phenoxy) is 1. The van der Waals surface area contributed by atoms with Crippen molar-refractivity contribution >= 4 is 5.97 Å². The van der Waals surface area contributed by atoms with Crippen LogP contribution in [0.15, 0.2) is 6.07 Å². The van der Waals surface area contributed by atoms with Crippen LogP contribution in [0.1, 0.15) is 55.7 Å². The molecular formula is C15H23NO3. The Balaban J connectivity index is 1.99. The van der Waals surface area contributed by atoms with Gasteiger partial charge in [0.15, 0.2) is 0 Å². The third kappa shape index (κ3) is 3.18. The highest BCUT2D eigenvalue weighted by Crippen LogP contribution is 2.32. The summed E-state index contributed by atoms with van der Waals surface area (Å²) in [4.78, 5) is 11.3. The van der Waals surface area contributed by atoms with Gasteiger partial charge >= 0.3 is 5.97 Å². The van der Waals surface area contributed by atoms with Crippen LogP contribution in [0.25, 0.3) is 0 Å². The fourth-order valence-corrected chi connectivity index (χ4v) is 2.87. The molecule has 0 saturated heterocycles. The summed E-state index contributed by atoms with van der Waals surface area (Å²) < 4.78 is 7.18. The van der Waals surface area contributed by atoms with Gasteiger partial charge in [-0.1, -0.05) is 0 Å². The molecule has 1 atom stereocenters. The third-order valence-corrected chi connectivity index (χ3v) is 3.77. The minimum Gasteiger partial charge on any atom is -0.466 e. The van der Waals surface area contributed by atoms with Gasteiger partial charge in [0.05, 0.1) is 12.7 Å². The van der Waals surface area contributed by atoms with Gasteiger partial charge in [0, 0.05) is 29.9 Å². The Kier molecular flexibility index (Phi) is 4.64. The molecule has 106 valence electrons. The minimum absolute atomic E-state index is 0.124. The van der Waals surface area contributed by atoms with Crippen LogP contribution in [0, 0.1) is 6.92 Å². The molecule has 1 unspecified atom stereocenters. The van der Waals surface area contributed by atoms with E-state index in [0.29, 0.717) is 13.0 Å². The predicted octanol–water partition coefficient (Wildman–Crippen LogP) is 2.51. The van der Waals surface area contributed by atoms with E-state index in [2.05, 4.69) is 17.6 Å². The maximum atomic E-state index is 11.3. The molecule has 19 heavy (non-hydrogen) atoms. The van der Waals surface area contributed by atoms with Crippen molar-refractivity contribution < 1.29 is 14.6 Å². The quantitative estimate of drug-likeness (QED) is 0.832. The van der Waals surface area contributed by atoms with Crippen molar-refractivity contribution in [2.45, 2.75) is 58.6 Å². The second-order valence-electron chi connectivity index (χ2n) is 5.16. The smallest absolute Gasteiger partial charge is 0.305 e. The molecule has 1 N–H and O–H groups in total. The lowest BCUT2D eigenvalue weighted by Gasteiger charge is -2.20. The number of aliphatic hydroxyl groups excluding tert-OH is 1. The van der Waals surface area contributed by atoms with Crippen molar-refractivity contribution in [1.82, 2.24) is 4.57 Å². The molecule has 0 aliphatic heterocycles. The average molecular weight is 265 g/mol. The predicted molar refractivity (Wildman–Crippen MR) is 72.9 cm³/mol. The lowest BCUT2D eigenvalue weighted by Crippen LogP contribution is -2.13. The lowest BCUT2D eigenvalue weighted by atomic mass is 9.95. The monoisotopic (exact) mass is 265 g/mol. The number of nitrogens with zero attached hydrogens (tertiary/aromatic N) is 1. The molecule has 1 aliphatic rings. The van der Waals surface area contributed by atoms with E-state index >= 15 is 0 Å². The van der Waals surface area contributed by atoms with Crippen molar-refractivity contribution in [2.24, 2.45) is 0 Å². The van der Waals surface area contributed by atoms with E-state index in [0.717, 1.165) is 37.8 Å². The highest BCUT2D eigenvalue weighted by atomic mass is 16.5. The van der Waals surface area contributed by atoms with Crippen LogP contribution in [0.3, 0.4) is 0 Å². The van der Waals surface area contributed by atoms with E-state index in [-0.39, 0.29) is 12.1 Å². The van der Waals surface area contributed by atoms with E-state index in [1.807, 2.05) is 6.92 Å². The fraction of sp³-hybridized carbons (Fsp3) is 0.667. The number of carbonyl (C=O) groups is 1. The van der Waals surface area contributed by atoms with E-state index in [1.165, 1.54) is 11.4 Å². The number of aryl methyl sites for hydroxylation is 1. The summed E-state index contributed by atoms with van der Waals surface area (Å²) in [7, 11) is 0. The first-order chi connectivity index (χ1) is 9.13. The first-order valence-corrected chi connectivity index (χ1v) is 7.16.